The predicted octanol–water partition coefficient (Wildman–Crippen LogP) is 7.23. The van der Waals surface area contributed by atoms with Crippen molar-refractivity contribution in [3.63, 3.8) is 0 Å². The van der Waals surface area contributed by atoms with E-state index >= 15 is 0 Å². The lowest BCUT2D eigenvalue weighted by Gasteiger charge is -2.45. The third-order valence-electron chi connectivity index (χ3n) is 9.39. The van der Waals surface area contributed by atoms with Gasteiger partial charge in [0.2, 0.25) is 0 Å². The van der Waals surface area contributed by atoms with Gasteiger partial charge < -0.3 is 9.47 Å². The Labute approximate surface area is 217 Å². The Kier molecular flexibility index (Phi) is 7.62. The minimum atomic E-state index is -0.00600. The van der Waals surface area contributed by atoms with E-state index in [0.29, 0.717) is 17.4 Å². The molecule has 3 fully saturated rings. The van der Waals surface area contributed by atoms with Gasteiger partial charge in [-0.15, -0.1) is 0 Å². The first-order chi connectivity index (χ1) is 17.3. The standard InChI is InChI=1S/C32H45NO3/c1-32(2,3)28-11-14-29(15-12-28)36-30-13-10-24-16-22(8-9-25(24)18-30)19-33-20-27(21-33)23-6-5-7-26(17-23)31(34)35-4/h8-10,13,16,18,23,26-29H,5-7,11-12,14-15,17,19-21H2,1-4H3. The van der Waals surface area contributed by atoms with Crippen LogP contribution in [0.2, 0.25) is 0 Å². The van der Waals surface area contributed by atoms with Gasteiger partial charge in [0.25, 0.3) is 0 Å². The Hall–Kier alpha value is -2.07. The minimum Gasteiger partial charge on any atom is -0.490 e. The van der Waals surface area contributed by atoms with Crippen molar-refractivity contribution in [1.29, 1.82) is 0 Å². The number of carbonyl (C=O) groups is 1. The Morgan fingerprint density at radius 1 is 0.917 bits per heavy atom. The zero-order valence-corrected chi connectivity index (χ0v) is 22.8. The highest BCUT2D eigenvalue weighted by atomic mass is 16.5. The van der Waals surface area contributed by atoms with Crippen LogP contribution in [0.4, 0.5) is 0 Å². The molecule has 2 atom stereocenters. The van der Waals surface area contributed by atoms with E-state index in [2.05, 4.69) is 62.1 Å². The molecule has 2 aliphatic carbocycles. The molecule has 0 radical (unpaired) electrons. The summed E-state index contributed by atoms with van der Waals surface area (Å²) in [6, 6.07) is 13.5. The molecule has 196 valence electrons. The number of hydrogen-bond donors (Lipinski definition) is 0. The number of likely N-dealkylation sites (tertiary alicyclic amines) is 1. The largest absolute Gasteiger partial charge is 0.490 e. The molecule has 2 saturated carbocycles. The summed E-state index contributed by atoms with van der Waals surface area (Å²) in [5.74, 6) is 3.35. The van der Waals surface area contributed by atoms with Gasteiger partial charge in [0.1, 0.15) is 5.75 Å². The Morgan fingerprint density at radius 3 is 2.36 bits per heavy atom. The molecule has 1 aliphatic heterocycles. The van der Waals surface area contributed by atoms with E-state index in [1.165, 1.54) is 55.5 Å². The highest BCUT2D eigenvalue weighted by Gasteiger charge is 2.38. The molecule has 2 unspecified atom stereocenters. The lowest BCUT2D eigenvalue weighted by Crippen LogP contribution is -2.50. The van der Waals surface area contributed by atoms with E-state index in [9.17, 15) is 4.79 Å². The van der Waals surface area contributed by atoms with Crippen LogP contribution in [-0.2, 0) is 16.1 Å². The van der Waals surface area contributed by atoms with E-state index < -0.39 is 0 Å². The van der Waals surface area contributed by atoms with Crippen LogP contribution in [0.5, 0.6) is 5.75 Å². The van der Waals surface area contributed by atoms with E-state index in [4.69, 9.17) is 9.47 Å². The number of nitrogens with zero attached hydrogens (tertiary/aromatic N) is 1. The molecule has 0 aromatic heterocycles. The summed E-state index contributed by atoms with van der Waals surface area (Å²) in [6.07, 6.45) is 9.68. The molecule has 0 N–H and O–H groups in total. The summed E-state index contributed by atoms with van der Waals surface area (Å²) < 4.78 is 11.4. The number of carbonyl (C=O) groups excluding carboxylic acids is 1. The summed E-state index contributed by atoms with van der Waals surface area (Å²) in [4.78, 5) is 14.5. The first kappa shape index (κ1) is 25.6. The molecule has 5 rings (SSSR count). The van der Waals surface area contributed by atoms with Gasteiger partial charge in [-0.1, -0.05) is 51.8 Å². The van der Waals surface area contributed by atoms with Gasteiger partial charge in [0, 0.05) is 19.6 Å². The number of methoxy groups -OCH3 is 1. The molecule has 36 heavy (non-hydrogen) atoms. The van der Waals surface area contributed by atoms with E-state index in [-0.39, 0.29) is 11.9 Å². The van der Waals surface area contributed by atoms with Crippen LogP contribution in [0.3, 0.4) is 0 Å². The molecule has 1 saturated heterocycles. The Balaban J connectivity index is 1.11. The summed E-state index contributed by atoms with van der Waals surface area (Å²) in [5, 5.41) is 2.55. The lowest BCUT2D eigenvalue weighted by molar-refractivity contribution is -0.147. The van der Waals surface area contributed by atoms with Crippen LogP contribution >= 0.6 is 0 Å². The van der Waals surface area contributed by atoms with Crippen molar-refractivity contribution in [2.24, 2.45) is 29.1 Å². The summed E-state index contributed by atoms with van der Waals surface area (Å²) >= 11 is 0. The van der Waals surface area contributed by atoms with Crippen LogP contribution < -0.4 is 4.74 Å². The number of esters is 1. The second-order valence-electron chi connectivity index (χ2n) is 12.9. The minimum absolute atomic E-state index is 0.00600. The predicted molar refractivity (Wildman–Crippen MR) is 146 cm³/mol. The van der Waals surface area contributed by atoms with Crippen molar-refractivity contribution in [3.05, 3.63) is 42.0 Å². The molecule has 0 amide bonds. The Morgan fingerprint density at radius 2 is 1.64 bits per heavy atom. The molecule has 2 aromatic rings. The zero-order chi connectivity index (χ0) is 25.3. The van der Waals surface area contributed by atoms with Crippen LogP contribution in [0, 0.1) is 29.1 Å². The summed E-state index contributed by atoms with van der Waals surface area (Å²) in [7, 11) is 1.52. The zero-order valence-electron chi connectivity index (χ0n) is 22.8. The normalized spacial score (nSPS) is 28.0. The fourth-order valence-electron chi connectivity index (χ4n) is 7.02. The van der Waals surface area contributed by atoms with Crippen molar-refractivity contribution in [1.82, 2.24) is 4.90 Å². The molecule has 4 heteroatoms. The third kappa shape index (κ3) is 5.90. The van der Waals surface area contributed by atoms with Crippen molar-refractivity contribution in [3.8, 4) is 5.75 Å². The van der Waals surface area contributed by atoms with Crippen LogP contribution in [0.15, 0.2) is 36.4 Å². The van der Waals surface area contributed by atoms with Gasteiger partial charge in [0.05, 0.1) is 19.1 Å². The number of benzene rings is 2. The fraction of sp³-hybridized carbons (Fsp3) is 0.656. The summed E-state index contributed by atoms with van der Waals surface area (Å²) in [6.45, 7) is 10.4. The number of hydrogen-bond acceptors (Lipinski definition) is 4. The summed E-state index contributed by atoms with van der Waals surface area (Å²) in [5.41, 5.74) is 1.79. The van der Waals surface area contributed by atoms with Crippen molar-refractivity contribution in [2.75, 3.05) is 20.2 Å². The van der Waals surface area contributed by atoms with Crippen LogP contribution in [0.25, 0.3) is 10.8 Å². The van der Waals surface area contributed by atoms with E-state index in [1.54, 1.807) is 0 Å². The number of fused-ring (bicyclic) bond motifs is 1. The van der Waals surface area contributed by atoms with Crippen LogP contribution in [0.1, 0.15) is 77.7 Å². The molecule has 2 aromatic carbocycles. The second-order valence-corrected chi connectivity index (χ2v) is 12.9. The first-order valence-corrected chi connectivity index (χ1v) is 14.3. The van der Waals surface area contributed by atoms with E-state index in [1.807, 2.05) is 0 Å². The SMILES string of the molecule is COC(=O)C1CCCC(C2CN(Cc3ccc4cc(OC5CCC(C(C)(C)C)CC5)ccc4c3)C2)C1. The molecule has 0 bridgehead atoms. The maximum absolute atomic E-state index is 12.0. The smallest absolute Gasteiger partial charge is 0.308 e. The van der Waals surface area contributed by atoms with Crippen molar-refractivity contribution >= 4 is 16.7 Å². The first-order valence-electron chi connectivity index (χ1n) is 14.3. The molecule has 1 heterocycles. The van der Waals surface area contributed by atoms with Crippen LogP contribution in [-0.4, -0.2) is 37.2 Å². The van der Waals surface area contributed by atoms with Gasteiger partial charge in [-0.05, 0) is 96.2 Å². The van der Waals surface area contributed by atoms with Gasteiger partial charge in [-0.2, -0.15) is 0 Å². The van der Waals surface area contributed by atoms with Crippen molar-refractivity contribution in [2.45, 2.75) is 84.8 Å². The molecular weight excluding hydrogens is 446 g/mol. The monoisotopic (exact) mass is 491 g/mol. The highest BCUT2D eigenvalue weighted by Crippen LogP contribution is 2.40. The van der Waals surface area contributed by atoms with Gasteiger partial charge in [0.15, 0.2) is 0 Å². The molecule has 3 aliphatic rings. The van der Waals surface area contributed by atoms with Gasteiger partial charge >= 0.3 is 5.97 Å². The fourth-order valence-corrected chi connectivity index (χ4v) is 7.02. The lowest BCUT2D eigenvalue weighted by atomic mass is 9.72. The van der Waals surface area contributed by atoms with Gasteiger partial charge in [-0.25, -0.2) is 0 Å². The average molecular weight is 492 g/mol. The van der Waals surface area contributed by atoms with Crippen molar-refractivity contribution < 1.29 is 14.3 Å². The molecular formula is C32H45NO3. The number of rotatable bonds is 6. The topological polar surface area (TPSA) is 38.8 Å². The maximum Gasteiger partial charge on any atom is 0.308 e. The molecule has 4 nitrogen and oxygen atoms in total. The maximum atomic E-state index is 12.0. The quantitative estimate of drug-likeness (QED) is 0.399. The third-order valence-corrected chi connectivity index (χ3v) is 9.39. The van der Waals surface area contributed by atoms with E-state index in [0.717, 1.165) is 56.5 Å². The number of ether oxygens (including phenoxy) is 2. The van der Waals surface area contributed by atoms with Gasteiger partial charge in [-0.3, -0.25) is 9.69 Å². The second kappa shape index (κ2) is 10.7. The average Bonchev–Trinajstić information content (AvgIpc) is 2.85. The Bertz CT molecular complexity index is 1040. The highest BCUT2D eigenvalue weighted by molar-refractivity contribution is 5.84. The molecule has 0 spiro atoms.